The zero-order valence-electron chi connectivity index (χ0n) is 9.46. The van der Waals surface area contributed by atoms with Crippen molar-refractivity contribution in [2.24, 2.45) is 0 Å². The lowest BCUT2D eigenvalue weighted by atomic mass is 10.0. The smallest absolute Gasteiger partial charge is 0.196 e. The Morgan fingerprint density at radius 3 is 2.56 bits per heavy atom. The van der Waals surface area contributed by atoms with Gasteiger partial charge >= 0.3 is 0 Å². The molecule has 0 atom stereocenters. The van der Waals surface area contributed by atoms with Gasteiger partial charge in [-0.1, -0.05) is 18.5 Å². The number of ether oxygens (including phenoxy) is 3. The van der Waals surface area contributed by atoms with E-state index in [1.807, 2.05) is 19.1 Å². The second-order valence-electron chi connectivity index (χ2n) is 3.65. The lowest BCUT2D eigenvalue weighted by molar-refractivity contribution is -0.167. The molecule has 0 amide bonds. The monoisotopic (exact) mass is 242 g/mol. The summed E-state index contributed by atoms with van der Waals surface area (Å²) in [5, 5.41) is 0.614. The van der Waals surface area contributed by atoms with Crippen LogP contribution in [0.2, 0.25) is 5.02 Å². The zero-order valence-corrected chi connectivity index (χ0v) is 10.2. The molecule has 0 radical (unpaired) electrons. The van der Waals surface area contributed by atoms with Crippen LogP contribution in [0, 0.1) is 0 Å². The van der Waals surface area contributed by atoms with Crippen LogP contribution in [0.3, 0.4) is 0 Å². The first-order valence-electron chi connectivity index (χ1n) is 5.34. The Labute approximate surface area is 100 Å². The molecule has 1 fully saturated rings. The first-order chi connectivity index (χ1) is 7.72. The molecule has 0 aliphatic carbocycles. The van der Waals surface area contributed by atoms with Crippen LogP contribution in [0.15, 0.2) is 18.2 Å². The molecule has 0 unspecified atom stereocenters. The van der Waals surface area contributed by atoms with Crippen molar-refractivity contribution >= 4 is 11.6 Å². The van der Waals surface area contributed by atoms with Gasteiger partial charge in [-0.05, 0) is 18.2 Å². The van der Waals surface area contributed by atoms with Crippen LogP contribution in [0.1, 0.15) is 18.9 Å². The molecule has 2 rings (SSSR count). The highest BCUT2D eigenvalue weighted by molar-refractivity contribution is 6.31. The first-order valence-corrected chi connectivity index (χ1v) is 5.71. The van der Waals surface area contributed by atoms with Crippen molar-refractivity contribution in [2.45, 2.75) is 19.1 Å². The van der Waals surface area contributed by atoms with Crippen LogP contribution in [0.5, 0.6) is 5.75 Å². The van der Waals surface area contributed by atoms with E-state index in [0.29, 0.717) is 18.2 Å². The number of hydrogen-bond donors (Lipinski definition) is 0. The van der Waals surface area contributed by atoms with E-state index in [4.69, 9.17) is 25.8 Å². The number of halogens is 1. The molecule has 0 aromatic heterocycles. The van der Waals surface area contributed by atoms with Gasteiger partial charge in [-0.15, -0.1) is 0 Å². The fourth-order valence-electron chi connectivity index (χ4n) is 1.94. The van der Waals surface area contributed by atoms with Gasteiger partial charge in [0.2, 0.25) is 0 Å². The largest absolute Gasteiger partial charge is 0.497 e. The predicted octanol–water partition coefficient (Wildman–Crippen LogP) is 2.96. The van der Waals surface area contributed by atoms with E-state index in [9.17, 15) is 0 Å². The lowest BCUT2D eigenvalue weighted by Crippen LogP contribution is -2.26. The fraction of sp³-hybridized carbons (Fsp3) is 0.500. The third-order valence-electron chi connectivity index (χ3n) is 2.81. The predicted molar refractivity (Wildman–Crippen MR) is 61.9 cm³/mol. The summed E-state index contributed by atoms with van der Waals surface area (Å²) in [5.74, 6) is 0.0570. The summed E-state index contributed by atoms with van der Waals surface area (Å²) in [6, 6.07) is 5.54. The number of rotatable bonds is 3. The average Bonchev–Trinajstić information content (AvgIpc) is 2.78. The van der Waals surface area contributed by atoms with E-state index in [1.165, 1.54) is 0 Å². The molecule has 0 bridgehead atoms. The number of methoxy groups -OCH3 is 1. The van der Waals surface area contributed by atoms with Gasteiger partial charge in [0, 0.05) is 12.0 Å². The standard InChI is InChI=1S/C12H15ClO3/c1-3-12(15-6-7-16-12)10-5-4-9(14-2)8-11(10)13/h4-5,8H,3,6-7H2,1-2H3. The molecule has 88 valence electrons. The summed E-state index contributed by atoms with van der Waals surface area (Å²) in [7, 11) is 1.61. The van der Waals surface area contributed by atoms with Gasteiger partial charge in [0.05, 0.1) is 25.3 Å². The second kappa shape index (κ2) is 4.62. The minimum absolute atomic E-state index is 0.607. The molecular formula is C12H15ClO3. The molecule has 1 aromatic carbocycles. The quantitative estimate of drug-likeness (QED) is 0.816. The van der Waals surface area contributed by atoms with Gasteiger partial charge in [0.1, 0.15) is 5.75 Å². The molecule has 0 saturated carbocycles. The van der Waals surface area contributed by atoms with E-state index in [-0.39, 0.29) is 0 Å². The van der Waals surface area contributed by atoms with Crippen molar-refractivity contribution in [1.82, 2.24) is 0 Å². The highest BCUT2D eigenvalue weighted by Crippen LogP contribution is 2.39. The maximum absolute atomic E-state index is 6.22. The van der Waals surface area contributed by atoms with Crippen LogP contribution < -0.4 is 4.74 Å². The van der Waals surface area contributed by atoms with Crippen LogP contribution in [-0.4, -0.2) is 20.3 Å². The Balaban J connectivity index is 2.38. The van der Waals surface area contributed by atoms with E-state index < -0.39 is 5.79 Å². The van der Waals surface area contributed by atoms with Crippen molar-refractivity contribution in [2.75, 3.05) is 20.3 Å². The van der Waals surface area contributed by atoms with Crippen molar-refractivity contribution in [3.8, 4) is 5.75 Å². The highest BCUT2D eigenvalue weighted by Gasteiger charge is 2.38. The minimum Gasteiger partial charge on any atom is -0.497 e. The SMILES string of the molecule is CCC1(c2ccc(OC)cc2Cl)OCCO1. The summed E-state index contributed by atoms with van der Waals surface area (Å²) in [6.07, 6.45) is 0.735. The Morgan fingerprint density at radius 2 is 2.06 bits per heavy atom. The van der Waals surface area contributed by atoms with Gasteiger partial charge in [-0.25, -0.2) is 0 Å². The zero-order chi connectivity index (χ0) is 11.6. The van der Waals surface area contributed by atoms with E-state index in [2.05, 4.69) is 0 Å². The minimum atomic E-state index is -0.677. The molecule has 1 aromatic rings. The molecule has 3 nitrogen and oxygen atoms in total. The van der Waals surface area contributed by atoms with Crippen molar-refractivity contribution in [1.29, 1.82) is 0 Å². The third-order valence-corrected chi connectivity index (χ3v) is 3.12. The van der Waals surface area contributed by atoms with Gasteiger partial charge in [0.15, 0.2) is 5.79 Å². The number of hydrogen-bond acceptors (Lipinski definition) is 3. The second-order valence-corrected chi connectivity index (χ2v) is 4.06. The average molecular weight is 243 g/mol. The maximum atomic E-state index is 6.22. The van der Waals surface area contributed by atoms with Gasteiger partial charge < -0.3 is 14.2 Å². The maximum Gasteiger partial charge on any atom is 0.196 e. The van der Waals surface area contributed by atoms with Crippen LogP contribution in [0.4, 0.5) is 0 Å². The highest BCUT2D eigenvalue weighted by atomic mass is 35.5. The van der Waals surface area contributed by atoms with E-state index >= 15 is 0 Å². The molecular weight excluding hydrogens is 228 g/mol. The molecule has 1 saturated heterocycles. The Morgan fingerprint density at radius 1 is 1.38 bits per heavy atom. The summed E-state index contributed by atoms with van der Waals surface area (Å²) in [5.41, 5.74) is 0.870. The number of benzene rings is 1. The first kappa shape index (κ1) is 11.7. The molecule has 4 heteroatoms. The van der Waals surface area contributed by atoms with Crippen molar-refractivity contribution < 1.29 is 14.2 Å². The van der Waals surface area contributed by atoms with Crippen molar-refractivity contribution in [3.05, 3.63) is 28.8 Å². The molecule has 1 aliphatic heterocycles. The van der Waals surface area contributed by atoms with E-state index in [0.717, 1.165) is 17.7 Å². The summed E-state index contributed by atoms with van der Waals surface area (Å²) in [4.78, 5) is 0. The summed E-state index contributed by atoms with van der Waals surface area (Å²) in [6.45, 7) is 3.23. The summed E-state index contributed by atoms with van der Waals surface area (Å²) < 4.78 is 16.5. The van der Waals surface area contributed by atoms with Crippen LogP contribution in [-0.2, 0) is 15.3 Å². The molecule has 16 heavy (non-hydrogen) atoms. The molecule has 0 N–H and O–H groups in total. The van der Waals surface area contributed by atoms with Crippen LogP contribution >= 0.6 is 11.6 Å². The van der Waals surface area contributed by atoms with Gasteiger partial charge in [-0.3, -0.25) is 0 Å². The Hall–Kier alpha value is -0.770. The normalized spacial score (nSPS) is 18.7. The Bertz CT molecular complexity index is 373. The molecule has 1 heterocycles. The molecule has 0 spiro atoms. The third kappa shape index (κ3) is 1.90. The van der Waals surface area contributed by atoms with Crippen LogP contribution in [0.25, 0.3) is 0 Å². The van der Waals surface area contributed by atoms with Gasteiger partial charge in [0.25, 0.3) is 0 Å². The van der Waals surface area contributed by atoms with Crippen molar-refractivity contribution in [3.63, 3.8) is 0 Å². The topological polar surface area (TPSA) is 27.7 Å². The Kier molecular flexibility index (Phi) is 3.38. The molecule has 1 aliphatic rings. The van der Waals surface area contributed by atoms with Gasteiger partial charge in [-0.2, -0.15) is 0 Å². The fourth-order valence-corrected chi connectivity index (χ4v) is 2.25. The lowest BCUT2D eigenvalue weighted by Gasteiger charge is -2.27. The van der Waals surface area contributed by atoms with E-state index in [1.54, 1.807) is 13.2 Å². The summed E-state index contributed by atoms with van der Waals surface area (Å²) >= 11 is 6.22.